The van der Waals surface area contributed by atoms with Crippen LogP contribution in [0.4, 0.5) is 5.88 Å². The number of halogens is 1. The minimum Gasteiger partial charge on any atom is -0.440 e. The van der Waals surface area contributed by atoms with Crippen LogP contribution >= 0.6 is 15.9 Å². The van der Waals surface area contributed by atoms with Gasteiger partial charge in [-0.2, -0.15) is 5.10 Å². The molecule has 0 saturated carbocycles. The van der Waals surface area contributed by atoms with Gasteiger partial charge in [0.2, 0.25) is 0 Å². The van der Waals surface area contributed by atoms with Gasteiger partial charge in [-0.05, 0) is 30.3 Å². The summed E-state index contributed by atoms with van der Waals surface area (Å²) in [7, 11) is 3.77. The summed E-state index contributed by atoms with van der Waals surface area (Å²) in [6, 6.07) is 10.6. The summed E-state index contributed by atoms with van der Waals surface area (Å²) in [5.74, 6) is 1.03. The molecule has 20 heavy (non-hydrogen) atoms. The van der Waals surface area contributed by atoms with E-state index in [-0.39, 0.29) is 5.91 Å². The van der Waals surface area contributed by atoms with E-state index in [9.17, 15) is 4.79 Å². The summed E-state index contributed by atoms with van der Waals surface area (Å²) >= 11 is 3.31. The maximum atomic E-state index is 11.8. The molecule has 1 aromatic heterocycles. The topological polar surface area (TPSA) is 57.8 Å². The van der Waals surface area contributed by atoms with E-state index in [1.807, 2.05) is 25.1 Å². The van der Waals surface area contributed by atoms with Crippen molar-refractivity contribution in [1.29, 1.82) is 0 Å². The van der Waals surface area contributed by atoms with E-state index < -0.39 is 0 Å². The van der Waals surface area contributed by atoms with Crippen molar-refractivity contribution in [2.75, 3.05) is 19.0 Å². The molecule has 0 bridgehead atoms. The Labute approximate surface area is 125 Å². The third kappa shape index (κ3) is 3.71. The first-order valence-electron chi connectivity index (χ1n) is 5.92. The van der Waals surface area contributed by atoms with Crippen LogP contribution in [0.1, 0.15) is 16.1 Å². The highest BCUT2D eigenvalue weighted by Gasteiger charge is 2.04. The fourth-order valence-corrected chi connectivity index (χ4v) is 1.74. The number of hydrogen-bond acceptors (Lipinski definition) is 4. The van der Waals surface area contributed by atoms with Crippen molar-refractivity contribution < 1.29 is 9.21 Å². The zero-order valence-corrected chi connectivity index (χ0v) is 12.7. The van der Waals surface area contributed by atoms with Gasteiger partial charge < -0.3 is 9.32 Å². The summed E-state index contributed by atoms with van der Waals surface area (Å²) in [4.78, 5) is 13.6. The second-order valence-electron chi connectivity index (χ2n) is 4.28. The predicted molar refractivity (Wildman–Crippen MR) is 82.2 cm³/mol. The van der Waals surface area contributed by atoms with Crippen LogP contribution in [0.15, 0.2) is 50.4 Å². The van der Waals surface area contributed by atoms with Gasteiger partial charge in [0.25, 0.3) is 5.91 Å². The Morgan fingerprint density at radius 1 is 1.25 bits per heavy atom. The molecule has 2 rings (SSSR count). The van der Waals surface area contributed by atoms with Crippen LogP contribution in [-0.4, -0.2) is 26.2 Å². The molecule has 2 aromatic rings. The average molecular weight is 336 g/mol. The van der Waals surface area contributed by atoms with Gasteiger partial charge in [0.05, 0.1) is 6.21 Å². The number of hydrogen-bond donors (Lipinski definition) is 1. The fraction of sp³-hybridized carbons (Fsp3) is 0.143. The highest BCUT2D eigenvalue weighted by Crippen LogP contribution is 2.14. The normalized spacial score (nSPS) is 10.8. The molecule has 0 spiro atoms. The summed E-state index contributed by atoms with van der Waals surface area (Å²) < 4.78 is 6.39. The zero-order valence-electron chi connectivity index (χ0n) is 11.1. The summed E-state index contributed by atoms with van der Waals surface area (Å²) in [6.45, 7) is 0. The maximum absolute atomic E-state index is 11.8. The number of amides is 1. The molecule has 0 unspecified atom stereocenters. The summed E-state index contributed by atoms with van der Waals surface area (Å²) in [6.07, 6.45) is 1.46. The lowest BCUT2D eigenvalue weighted by Crippen LogP contribution is -2.17. The van der Waals surface area contributed by atoms with Gasteiger partial charge in [0, 0.05) is 30.2 Å². The lowest BCUT2D eigenvalue weighted by Gasteiger charge is -2.05. The molecule has 0 aliphatic heterocycles. The van der Waals surface area contributed by atoms with Crippen molar-refractivity contribution in [2.24, 2.45) is 5.10 Å². The van der Waals surface area contributed by atoms with Gasteiger partial charge in [-0.3, -0.25) is 4.79 Å². The van der Waals surface area contributed by atoms with Gasteiger partial charge >= 0.3 is 0 Å². The van der Waals surface area contributed by atoms with Gasteiger partial charge in [0.15, 0.2) is 5.88 Å². The van der Waals surface area contributed by atoms with E-state index in [1.54, 1.807) is 30.3 Å². The monoisotopic (exact) mass is 335 g/mol. The Bertz CT molecular complexity index is 618. The lowest BCUT2D eigenvalue weighted by atomic mass is 10.2. The standard InChI is InChI=1S/C14H14BrN3O2/c1-18(2)13-8-7-12(20-13)9-16-17-14(19)10-3-5-11(15)6-4-10/h3-9H,1-2H3,(H,17,19). The summed E-state index contributed by atoms with van der Waals surface area (Å²) in [5, 5.41) is 3.86. The zero-order chi connectivity index (χ0) is 14.5. The molecular weight excluding hydrogens is 322 g/mol. The first kappa shape index (κ1) is 14.3. The van der Waals surface area contributed by atoms with Crippen LogP contribution in [0, 0.1) is 0 Å². The second kappa shape index (κ2) is 6.38. The van der Waals surface area contributed by atoms with Crippen molar-refractivity contribution >= 4 is 33.9 Å². The number of benzene rings is 1. The molecule has 104 valence electrons. The Hall–Kier alpha value is -2.08. The molecule has 1 heterocycles. The molecular formula is C14H14BrN3O2. The number of nitrogens with zero attached hydrogens (tertiary/aromatic N) is 2. The molecule has 0 aliphatic carbocycles. The molecule has 0 saturated heterocycles. The van der Waals surface area contributed by atoms with Crippen molar-refractivity contribution in [3.8, 4) is 0 Å². The van der Waals surface area contributed by atoms with E-state index in [4.69, 9.17) is 4.42 Å². The Kier molecular flexibility index (Phi) is 4.57. The van der Waals surface area contributed by atoms with Crippen LogP contribution in [0.25, 0.3) is 0 Å². The van der Waals surface area contributed by atoms with Crippen molar-refractivity contribution in [1.82, 2.24) is 5.43 Å². The second-order valence-corrected chi connectivity index (χ2v) is 5.19. The number of carbonyl (C=O) groups excluding carboxylic acids is 1. The molecule has 1 N–H and O–H groups in total. The van der Waals surface area contributed by atoms with Crippen LogP contribution in [0.2, 0.25) is 0 Å². The van der Waals surface area contributed by atoms with Gasteiger partial charge in [-0.15, -0.1) is 0 Å². The maximum Gasteiger partial charge on any atom is 0.271 e. The molecule has 1 amide bonds. The molecule has 0 aliphatic rings. The van der Waals surface area contributed by atoms with Crippen molar-refractivity contribution in [3.05, 3.63) is 52.2 Å². The third-order valence-electron chi connectivity index (χ3n) is 2.52. The predicted octanol–water partition coefficient (Wildman–Crippen LogP) is 2.87. The number of nitrogens with one attached hydrogen (secondary N) is 1. The average Bonchev–Trinajstić information content (AvgIpc) is 2.88. The van der Waals surface area contributed by atoms with Gasteiger partial charge in [0.1, 0.15) is 5.76 Å². The lowest BCUT2D eigenvalue weighted by molar-refractivity contribution is 0.0955. The SMILES string of the molecule is CN(C)c1ccc(C=NNC(=O)c2ccc(Br)cc2)o1. The Morgan fingerprint density at radius 2 is 1.95 bits per heavy atom. The van der Waals surface area contributed by atoms with E-state index >= 15 is 0 Å². The molecule has 5 nitrogen and oxygen atoms in total. The highest BCUT2D eigenvalue weighted by molar-refractivity contribution is 9.10. The van der Waals surface area contributed by atoms with E-state index in [0.29, 0.717) is 11.3 Å². The molecule has 0 fully saturated rings. The number of hydrazone groups is 1. The van der Waals surface area contributed by atoms with Crippen LogP contribution < -0.4 is 10.3 Å². The molecule has 6 heteroatoms. The first-order chi connectivity index (χ1) is 9.56. The third-order valence-corrected chi connectivity index (χ3v) is 3.05. The highest BCUT2D eigenvalue weighted by atomic mass is 79.9. The molecule has 0 atom stereocenters. The van der Waals surface area contributed by atoms with Gasteiger partial charge in [-0.1, -0.05) is 15.9 Å². The van der Waals surface area contributed by atoms with E-state index in [0.717, 1.165) is 10.4 Å². The smallest absolute Gasteiger partial charge is 0.271 e. The Balaban J connectivity index is 1.95. The quantitative estimate of drug-likeness (QED) is 0.690. The minimum absolute atomic E-state index is 0.270. The van der Waals surface area contributed by atoms with Crippen LogP contribution in [-0.2, 0) is 0 Å². The molecule has 0 radical (unpaired) electrons. The number of rotatable bonds is 4. The first-order valence-corrected chi connectivity index (χ1v) is 6.71. The summed E-state index contributed by atoms with van der Waals surface area (Å²) in [5.41, 5.74) is 2.99. The van der Waals surface area contributed by atoms with E-state index in [2.05, 4.69) is 26.5 Å². The number of anilines is 1. The van der Waals surface area contributed by atoms with Crippen LogP contribution in [0.3, 0.4) is 0 Å². The number of carbonyl (C=O) groups is 1. The largest absolute Gasteiger partial charge is 0.440 e. The van der Waals surface area contributed by atoms with Gasteiger partial charge in [-0.25, -0.2) is 5.43 Å². The minimum atomic E-state index is -0.270. The van der Waals surface area contributed by atoms with Crippen molar-refractivity contribution in [3.63, 3.8) is 0 Å². The number of furan rings is 1. The van der Waals surface area contributed by atoms with E-state index in [1.165, 1.54) is 6.21 Å². The van der Waals surface area contributed by atoms with Crippen molar-refractivity contribution in [2.45, 2.75) is 0 Å². The molecule has 1 aromatic carbocycles. The van der Waals surface area contributed by atoms with Crippen LogP contribution in [0.5, 0.6) is 0 Å². The fourth-order valence-electron chi connectivity index (χ4n) is 1.47. The Morgan fingerprint density at radius 3 is 2.55 bits per heavy atom.